The molecule has 8 heteroatoms. The number of aromatic amines is 1. The van der Waals surface area contributed by atoms with Crippen LogP contribution in [0.1, 0.15) is 25.3 Å². The number of rotatable bonds is 5. The minimum Gasteiger partial charge on any atom is -0.408 e. The number of amides is 1. The number of carbonyl (C=O) groups excluding carboxylic acids is 1. The normalized spacial score (nSPS) is 16.6. The van der Waals surface area contributed by atoms with E-state index in [2.05, 4.69) is 15.2 Å². The van der Waals surface area contributed by atoms with Crippen LogP contribution in [0.2, 0.25) is 0 Å². The molecule has 2 aromatic carbocycles. The lowest BCUT2D eigenvalue weighted by Gasteiger charge is -2.35. The van der Waals surface area contributed by atoms with E-state index >= 15 is 0 Å². The summed E-state index contributed by atoms with van der Waals surface area (Å²) >= 11 is 0. The maximum Gasteiger partial charge on any atom is 0.417 e. The number of halogens is 2. The van der Waals surface area contributed by atoms with Crippen molar-refractivity contribution in [3.05, 3.63) is 64.1 Å². The summed E-state index contributed by atoms with van der Waals surface area (Å²) in [6, 6.07) is 8.39. The molecule has 1 saturated heterocycles. The first-order valence-electron chi connectivity index (χ1n) is 10.0. The predicted molar refractivity (Wildman–Crippen MR) is 109 cm³/mol. The lowest BCUT2D eigenvalue weighted by atomic mass is 9.89. The highest BCUT2D eigenvalue weighted by molar-refractivity contribution is 5.96. The Bertz CT molecular complexity index is 1120. The second-order valence-corrected chi connectivity index (χ2v) is 7.81. The van der Waals surface area contributed by atoms with Gasteiger partial charge in [0.2, 0.25) is 5.91 Å². The van der Waals surface area contributed by atoms with E-state index in [0.29, 0.717) is 34.7 Å². The molecule has 0 radical (unpaired) electrons. The van der Waals surface area contributed by atoms with Crippen molar-refractivity contribution in [3.63, 3.8) is 0 Å². The molecule has 0 saturated carbocycles. The van der Waals surface area contributed by atoms with Crippen LogP contribution in [0.25, 0.3) is 11.1 Å². The van der Waals surface area contributed by atoms with Crippen LogP contribution in [0.3, 0.4) is 0 Å². The van der Waals surface area contributed by atoms with Crippen molar-refractivity contribution in [3.8, 4) is 0 Å². The van der Waals surface area contributed by atoms with Crippen molar-refractivity contribution < 1.29 is 18.0 Å². The average molecular weight is 415 g/mol. The monoisotopic (exact) mass is 415 g/mol. The third kappa shape index (κ3) is 4.43. The first-order valence-corrected chi connectivity index (χ1v) is 10.0. The van der Waals surface area contributed by atoms with Crippen molar-refractivity contribution in [1.82, 2.24) is 9.88 Å². The van der Waals surface area contributed by atoms with Crippen LogP contribution in [-0.2, 0) is 11.2 Å². The van der Waals surface area contributed by atoms with Crippen molar-refractivity contribution in [2.75, 3.05) is 18.4 Å². The number of aromatic nitrogens is 1. The van der Waals surface area contributed by atoms with Gasteiger partial charge in [0.15, 0.2) is 5.58 Å². The summed E-state index contributed by atoms with van der Waals surface area (Å²) < 4.78 is 32.0. The molecule has 1 aliphatic rings. The Balaban J connectivity index is 1.32. The number of nitrogens with one attached hydrogen (secondary N) is 2. The van der Waals surface area contributed by atoms with Gasteiger partial charge in [-0.05, 0) is 69.0 Å². The summed E-state index contributed by atoms with van der Waals surface area (Å²) in [5.74, 6) is -1.44. The minimum atomic E-state index is -0.566. The molecule has 1 aromatic heterocycles. The number of anilines is 1. The first-order chi connectivity index (χ1) is 14.4. The Labute approximate surface area is 171 Å². The first kappa shape index (κ1) is 20.3. The minimum absolute atomic E-state index is 0.143. The molecule has 1 unspecified atom stereocenters. The third-order valence-electron chi connectivity index (χ3n) is 5.79. The molecule has 0 bridgehead atoms. The van der Waals surface area contributed by atoms with Gasteiger partial charge in [-0.2, -0.15) is 0 Å². The molecule has 4 rings (SSSR count). The molecule has 0 aliphatic carbocycles. The van der Waals surface area contributed by atoms with Crippen LogP contribution in [0.5, 0.6) is 0 Å². The Morgan fingerprint density at radius 3 is 2.73 bits per heavy atom. The van der Waals surface area contributed by atoms with Gasteiger partial charge in [-0.25, -0.2) is 13.6 Å². The maximum atomic E-state index is 13.9. The van der Waals surface area contributed by atoms with E-state index in [1.807, 2.05) is 6.92 Å². The molecule has 158 valence electrons. The fraction of sp³-hybridized carbons (Fsp3) is 0.364. The zero-order chi connectivity index (χ0) is 21.3. The van der Waals surface area contributed by atoms with Crippen LogP contribution < -0.4 is 11.1 Å². The fourth-order valence-electron chi connectivity index (χ4n) is 3.98. The van der Waals surface area contributed by atoms with E-state index in [0.717, 1.165) is 32.0 Å². The molecule has 1 aliphatic heterocycles. The van der Waals surface area contributed by atoms with Crippen molar-refractivity contribution in [1.29, 1.82) is 0 Å². The molecule has 3 aromatic rings. The predicted octanol–water partition coefficient (Wildman–Crippen LogP) is 3.68. The van der Waals surface area contributed by atoms with E-state index in [-0.39, 0.29) is 11.9 Å². The third-order valence-corrected chi connectivity index (χ3v) is 5.79. The highest BCUT2D eigenvalue weighted by Crippen LogP contribution is 2.25. The number of piperidine rings is 1. The number of fused-ring (bicyclic) bond motifs is 1. The number of oxazole rings is 1. The second kappa shape index (κ2) is 8.39. The topological polar surface area (TPSA) is 78.3 Å². The van der Waals surface area contributed by atoms with Crippen molar-refractivity contribution in [2.24, 2.45) is 5.92 Å². The van der Waals surface area contributed by atoms with E-state index in [1.165, 1.54) is 12.1 Å². The summed E-state index contributed by atoms with van der Waals surface area (Å²) in [6.45, 7) is 3.31. The number of hydrogen-bond donors (Lipinski definition) is 2. The van der Waals surface area contributed by atoms with Gasteiger partial charge in [-0.1, -0.05) is 6.07 Å². The largest absolute Gasteiger partial charge is 0.417 e. The van der Waals surface area contributed by atoms with Gasteiger partial charge in [0.1, 0.15) is 11.6 Å². The molecule has 6 nitrogen and oxygen atoms in total. The van der Waals surface area contributed by atoms with Gasteiger partial charge in [0.25, 0.3) is 0 Å². The SMILES string of the molecule is CC(C(=O)Nc1ccc2[nH]c(=O)oc2c1)N1CCC(Cc2ccc(F)cc2F)CC1. The number of H-pyrrole nitrogens is 1. The second-order valence-electron chi connectivity index (χ2n) is 7.81. The van der Waals surface area contributed by atoms with Crippen molar-refractivity contribution in [2.45, 2.75) is 32.2 Å². The van der Waals surface area contributed by atoms with Gasteiger partial charge in [0.05, 0.1) is 11.6 Å². The zero-order valence-electron chi connectivity index (χ0n) is 16.6. The molecule has 2 heterocycles. The molecule has 1 fully saturated rings. The maximum absolute atomic E-state index is 13.9. The van der Waals surface area contributed by atoms with E-state index in [1.54, 1.807) is 18.2 Å². The number of nitrogens with zero attached hydrogens (tertiary/aromatic N) is 1. The van der Waals surface area contributed by atoms with Gasteiger partial charge < -0.3 is 9.73 Å². The summed E-state index contributed by atoms with van der Waals surface area (Å²) in [5.41, 5.74) is 2.06. The van der Waals surface area contributed by atoms with Gasteiger partial charge >= 0.3 is 5.76 Å². The highest BCUT2D eigenvalue weighted by Gasteiger charge is 2.27. The van der Waals surface area contributed by atoms with Crippen LogP contribution in [0.4, 0.5) is 14.5 Å². The molecule has 1 amide bonds. The molecule has 1 atom stereocenters. The molecule has 0 spiro atoms. The zero-order valence-corrected chi connectivity index (χ0v) is 16.6. The Morgan fingerprint density at radius 2 is 2.00 bits per heavy atom. The molecule has 2 N–H and O–H groups in total. The highest BCUT2D eigenvalue weighted by atomic mass is 19.1. The van der Waals surface area contributed by atoms with E-state index in [4.69, 9.17) is 4.42 Å². The van der Waals surface area contributed by atoms with Crippen molar-refractivity contribution >= 4 is 22.7 Å². The Morgan fingerprint density at radius 1 is 1.23 bits per heavy atom. The molecule has 30 heavy (non-hydrogen) atoms. The summed E-state index contributed by atoms with van der Waals surface area (Å²) in [4.78, 5) is 28.6. The van der Waals surface area contributed by atoms with Crippen LogP contribution in [-0.4, -0.2) is 34.9 Å². The number of likely N-dealkylation sites (tertiary alicyclic amines) is 1. The van der Waals surface area contributed by atoms with Crippen LogP contribution in [0.15, 0.2) is 45.6 Å². The van der Waals surface area contributed by atoms with Crippen LogP contribution >= 0.6 is 0 Å². The lowest BCUT2D eigenvalue weighted by molar-refractivity contribution is -0.121. The molecular formula is C22H23F2N3O3. The average Bonchev–Trinajstić information content (AvgIpc) is 3.09. The Kier molecular flexibility index (Phi) is 5.67. The quantitative estimate of drug-likeness (QED) is 0.666. The number of benzene rings is 2. The summed E-state index contributed by atoms with van der Waals surface area (Å²) in [6.07, 6.45) is 2.26. The van der Waals surface area contributed by atoms with E-state index in [9.17, 15) is 18.4 Å². The summed E-state index contributed by atoms with van der Waals surface area (Å²) in [7, 11) is 0. The van der Waals surface area contributed by atoms with Gasteiger partial charge in [-0.15, -0.1) is 0 Å². The fourth-order valence-corrected chi connectivity index (χ4v) is 3.98. The number of hydrogen-bond acceptors (Lipinski definition) is 4. The van der Waals surface area contributed by atoms with Crippen LogP contribution in [0, 0.1) is 17.6 Å². The van der Waals surface area contributed by atoms with E-state index < -0.39 is 17.4 Å². The number of carbonyl (C=O) groups is 1. The van der Waals surface area contributed by atoms with Gasteiger partial charge in [-0.3, -0.25) is 14.7 Å². The lowest BCUT2D eigenvalue weighted by Crippen LogP contribution is -2.46. The Hall–Kier alpha value is -3.00. The summed E-state index contributed by atoms with van der Waals surface area (Å²) in [5, 5.41) is 2.86. The smallest absolute Gasteiger partial charge is 0.408 e. The standard InChI is InChI=1S/C22H23F2N3O3/c1-13(21(28)25-17-4-5-19-20(12-17)30-22(29)26-19)27-8-6-14(7-9-27)10-15-2-3-16(23)11-18(15)24/h2-5,11-14H,6-10H2,1H3,(H,25,28)(H,26,29). The molecular weight excluding hydrogens is 392 g/mol. The van der Waals surface area contributed by atoms with Gasteiger partial charge in [0, 0.05) is 17.8 Å².